The van der Waals surface area contributed by atoms with Gasteiger partial charge in [-0.25, -0.2) is 8.42 Å². The number of hydrogen-bond donors (Lipinski definition) is 0. The summed E-state index contributed by atoms with van der Waals surface area (Å²) < 4.78 is 32.6. The summed E-state index contributed by atoms with van der Waals surface area (Å²) in [7, 11) is -3.49. The Bertz CT molecular complexity index is 564. The Balaban J connectivity index is 2.32. The third-order valence-corrected chi connectivity index (χ3v) is 6.02. The third-order valence-electron chi connectivity index (χ3n) is 2.94. The number of ether oxygens (including phenoxy) is 1. The molecule has 2 rings (SSSR count). The number of nitrogens with zero attached hydrogens (tertiary/aromatic N) is 1. The summed E-state index contributed by atoms with van der Waals surface area (Å²) in [6, 6.07) is 4.64. The Morgan fingerprint density at radius 2 is 2.21 bits per heavy atom. The Hall–Kier alpha value is -0.140. The van der Waals surface area contributed by atoms with Crippen LogP contribution in [0.15, 0.2) is 27.6 Å². The minimum atomic E-state index is -3.49. The lowest BCUT2D eigenvalue weighted by molar-refractivity contribution is 0.0752. The van der Waals surface area contributed by atoms with Crippen LogP contribution in [-0.4, -0.2) is 38.5 Å². The second-order valence-corrected chi connectivity index (χ2v) is 7.67. The Kier molecular flexibility index (Phi) is 4.89. The van der Waals surface area contributed by atoms with E-state index in [1.165, 1.54) is 16.4 Å². The van der Waals surface area contributed by atoms with Crippen molar-refractivity contribution in [3.05, 3.63) is 27.7 Å². The van der Waals surface area contributed by atoms with Gasteiger partial charge in [-0.05, 0) is 47.5 Å². The van der Waals surface area contributed by atoms with Crippen molar-refractivity contribution in [3.63, 3.8) is 0 Å². The van der Waals surface area contributed by atoms with E-state index in [-0.39, 0.29) is 11.0 Å². The molecule has 0 saturated carbocycles. The van der Waals surface area contributed by atoms with Crippen LogP contribution in [0.1, 0.15) is 13.3 Å². The second kappa shape index (κ2) is 6.10. The molecule has 1 aliphatic heterocycles. The molecular weight excluding hydrogens is 354 g/mol. The van der Waals surface area contributed by atoms with Crippen molar-refractivity contribution in [2.45, 2.75) is 24.3 Å². The maximum absolute atomic E-state index is 12.6. The number of benzene rings is 1. The van der Waals surface area contributed by atoms with Gasteiger partial charge in [0.2, 0.25) is 10.0 Å². The number of sulfonamides is 1. The highest BCUT2D eigenvalue weighted by Crippen LogP contribution is 2.27. The van der Waals surface area contributed by atoms with E-state index >= 15 is 0 Å². The van der Waals surface area contributed by atoms with E-state index < -0.39 is 10.0 Å². The molecule has 0 spiro atoms. The molecular formula is C12H15BrClNO3S. The summed E-state index contributed by atoms with van der Waals surface area (Å²) in [5.41, 5.74) is 0. The van der Waals surface area contributed by atoms with E-state index in [2.05, 4.69) is 15.9 Å². The molecule has 1 atom stereocenters. The first-order valence-corrected chi connectivity index (χ1v) is 8.59. The quantitative estimate of drug-likeness (QED) is 0.806. The summed E-state index contributed by atoms with van der Waals surface area (Å²) in [5.74, 6) is 0. The molecule has 1 aliphatic rings. The van der Waals surface area contributed by atoms with Gasteiger partial charge in [0.25, 0.3) is 0 Å². The molecule has 1 saturated heterocycles. The molecule has 1 aromatic carbocycles. The molecule has 0 N–H and O–H groups in total. The van der Waals surface area contributed by atoms with Gasteiger partial charge in [0, 0.05) is 24.2 Å². The number of hydrogen-bond acceptors (Lipinski definition) is 3. The lowest BCUT2D eigenvalue weighted by Crippen LogP contribution is -2.35. The van der Waals surface area contributed by atoms with Crippen molar-refractivity contribution in [2.24, 2.45) is 0 Å². The standard InChI is InChI=1S/C12H15BrClNO3S/c1-9-8-15(5-2-6-18-9)19(16,17)10-3-4-12(14)11(13)7-10/h3-4,7,9H,2,5-6,8H2,1H3. The van der Waals surface area contributed by atoms with Crippen LogP contribution in [0.4, 0.5) is 0 Å². The van der Waals surface area contributed by atoms with Crippen LogP contribution < -0.4 is 0 Å². The summed E-state index contributed by atoms with van der Waals surface area (Å²) in [6.07, 6.45) is 0.617. The van der Waals surface area contributed by atoms with Gasteiger partial charge >= 0.3 is 0 Å². The Morgan fingerprint density at radius 3 is 2.89 bits per heavy atom. The zero-order valence-electron chi connectivity index (χ0n) is 10.5. The maximum Gasteiger partial charge on any atom is 0.243 e. The van der Waals surface area contributed by atoms with Gasteiger partial charge in [-0.15, -0.1) is 0 Å². The van der Waals surface area contributed by atoms with Crippen molar-refractivity contribution in [2.75, 3.05) is 19.7 Å². The number of rotatable bonds is 2. The first-order chi connectivity index (χ1) is 8.91. The van der Waals surface area contributed by atoms with E-state index in [4.69, 9.17) is 16.3 Å². The Labute approximate surface area is 126 Å². The zero-order chi connectivity index (χ0) is 14.0. The monoisotopic (exact) mass is 367 g/mol. The first kappa shape index (κ1) is 15.3. The van der Waals surface area contributed by atoms with Crippen LogP contribution in [0.5, 0.6) is 0 Å². The van der Waals surface area contributed by atoms with E-state index in [1.54, 1.807) is 6.07 Å². The topological polar surface area (TPSA) is 46.6 Å². The van der Waals surface area contributed by atoms with Crippen LogP contribution in [-0.2, 0) is 14.8 Å². The normalized spacial score (nSPS) is 22.2. The second-order valence-electron chi connectivity index (χ2n) is 4.47. The fourth-order valence-electron chi connectivity index (χ4n) is 1.96. The molecule has 4 nitrogen and oxygen atoms in total. The fraction of sp³-hybridized carbons (Fsp3) is 0.500. The predicted octanol–water partition coefficient (Wildman–Crippen LogP) is 2.90. The minimum absolute atomic E-state index is 0.0898. The SMILES string of the molecule is CC1CN(S(=O)(=O)c2ccc(Cl)c(Br)c2)CCCO1. The maximum atomic E-state index is 12.6. The molecule has 1 heterocycles. The largest absolute Gasteiger partial charge is 0.377 e. The first-order valence-electron chi connectivity index (χ1n) is 5.98. The van der Waals surface area contributed by atoms with Crippen molar-refractivity contribution >= 4 is 37.6 Å². The van der Waals surface area contributed by atoms with Gasteiger partial charge in [-0.3, -0.25) is 0 Å². The van der Waals surface area contributed by atoms with Crippen LogP contribution in [0, 0.1) is 0 Å². The lowest BCUT2D eigenvalue weighted by atomic mass is 10.4. The zero-order valence-corrected chi connectivity index (χ0v) is 13.6. The van der Waals surface area contributed by atoms with E-state index in [9.17, 15) is 8.42 Å². The van der Waals surface area contributed by atoms with E-state index in [0.29, 0.717) is 35.6 Å². The van der Waals surface area contributed by atoms with Crippen molar-refractivity contribution in [1.29, 1.82) is 0 Å². The summed E-state index contributed by atoms with van der Waals surface area (Å²) in [4.78, 5) is 0.248. The fourth-order valence-corrected chi connectivity index (χ4v) is 4.19. The molecule has 19 heavy (non-hydrogen) atoms. The summed E-state index contributed by atoms with van der Waals surface area (Å²) in [5, 5.41) is 0.492. The van der Waals surface area contributed by atoms with Gasteiger partial charge in [0.1, 0.15) is 0 Å². The molecule has 0 aromatic heterocycles. The minimum Gasteiger partial charge on any atom is -0.377 e. The molecule has 1 aromatic rings. The molecule has 7 heteroatoms. The van der Waals surface area contributed by atoms with Gasteiger partial charge in [-0.1, -0.05) is 11.6 Å². The van der Waals surface area contributed by atoms with Crippen LogP contribution in [0.3, 0.4) is 0 Å². The van der Waals surface area contributed by atoms with Crippen LogP contribution in [0.2, 0.25) is 5.02 Å². The van der Waals surface area contributed by atoms with Gasteiger partial charge in [0.05, 0.1) is 16.0 Å². The van der Waals surface area contributed by atoms with Gasteiger partial charge in [0.15, 0.2) is 0 Å². The van der Waals surface area contributed by atoms with Crippen LogP contribution >= 0.6 is 27.5 Å². The summed E-state index contributed by atoms with van der Waals surface area (Å²) >= 11 is 9.14. The van der Waals surface area contributed by atoms with E-state index in [1.807, 2.05) is 6.92 Å². The smallest absolute Gasteiger partial charge is 0.243 e. The molecule has 106 valence electrons. The lowest BCUT2D eigenvalue weighted by Gasteiger charge is -2.21. The summed E-state index contributed by atoms with van der Waals surface area (Å²) in [6.45, 7) is 3.33. The molecule has 0 aliphatic carbocycles. The van der Waals surface area contributed by atoms with Crippen molar-refractivity contribution in [3.8, 4) is 0 Å². The molecule has 0 amide bonds. The molecule has 0 radical (unpaired) electrons. The molecule has 1 fully saturated rings. The average Bonchev–Trinajstić information content (AvgIpc) is 2.57. The number of halogens is 2. The predicted molar refractivity (Wildman–Crippen MR) is 77.9 cm³/mol. The van der Waals surface area contributed by atoms with Crippen molar-refractivity contribution < 1.29 is 13.2 Å². The highest BCUT2D eigenvalue weighted by atomic mass is 79.9. The highest BCUT2D eigenvalue weighted by molar-refractivity contribution is 9.10. The highest BCUT2D eigenvalue weighted by Gasteiger charge is 2.28. The van der Waals surface area contributed by atoms with Crippen molar-refractivity contribution in [1.82, 2.24) is 4.31 Å². The van der Waals surface area contributed by atoms with Gasteiger partial charge in [-0.2, -0.15) is 4.31 Å². The Morgan fingerprint density at radius 1 is 1.47 bits per heavy atom. The van der Waals surface area contributed by atoms with Crippen LogP contribution in [0.25, 0.3) is 0 Å². The third kappa shape index (κ3) is 3.49. The van der Waals surface area contributed by atoms with E-state index in [0.717, 1.165) is 0 Å². The molecule has 0 bridgehead atoms. The molecule has 1 unspecified atom stereocenters. The average molecular weight is 369 g/mol. The van der Waals surface area contributed by atoms with Gasteiger partial charge < -0.3 is 4.74 Å².